The molecule has 5 heteroatoms. The van der Waals surface area contributed by atoms with Gasteiger partial charge in [0.2, 0.25) is 5.91 Å². The van der Waals surface area contributed by atoms with Crippen molar-refractivity contribution < 1.29 is 14.3 Å². The Balaban J connectivity index is 1.58. The molecule has 2 N–H and O–H groups in total. The van der Waals surface area contributed by atoms with Crippen LogP contribution in [-0.4, -0.2) is 25.5 Å². The standard InChI is InChI=1S/C25H26N2O3/c1-30-22-14-12-19(13-15-22)16-17-26-24(28)18-23(20-8-4-2-5-9-20)27-25(29)21-10-6-3-7-11-21/h2-15,23H,16-18H2,1H3,(H,26,28)(H,27,29)/t23-/m1/s1. The van der Waals surface area contributed by atoms with Gasteiger partial charge in [-0.15, -0.1) is 0 Å². The van der Waals surface area contributed by atoms with Crippen LogP contribution >= 0.6 is 0 Å². The third-order valence-electron chi connectivity index (χ3n) is 4.83. The molecule has 0 saturated heterocycles. The fraction of sp³-hybridized carbons (Fsp3) is 0.200. The fourth-order valence-corrected chi connectivity index (χ4v) is 3.16. The second-order valence-electron chi connectivity index (χ2n) is 6.95. The van der Waals surface area contributed by atoms with Gasteiger partial charge in [-0.3, -0.25) is 9.59 Å². The largest absolute Gasteiger partial charge is 0.497 e. The molecule has 5 nitrogen and oxygen atoms in total. The van der Waals surface area contributed by atoms with Crippen molar-refractivity contribution in [2.24, 2.45) is 0 Å². The van der Waals surface area contributed by atoms with Crippen LogP contribution in [0.15, 0.2) is 84.9 Å². The maximum Gasteiger partial charge on any atom is 0.251 e. The lowest BCUT2D eigenvalue weighted by Crippen LogP contribution is -2.34. The Bertz CT molecular complexity index is 941. The number of methoxy groups -OCH3 is 1. The van der Waals surface area contributed by atoms with Gasteiger partial charge in [-0.1, -0.05) is 60.7 Å². The number of hydrogen-bond acceptors (Lipinski definition) is 3. The zero-order chi connectivity index (χ0) is 21.2. The monoisotopic (exact) mass is 402 g/mol. The Morgan fingerprint density at radius 1 is 0.867 bits per heavy atom. The molecule has 0 unspecified atom stereocenters. The summed E-state index contributed by atoms with van der Waals surface area (Å²) in [6.45, 7) is 0.527. The summed E-state index contributed by atoms with van der Waals surface area (Å²) in [5, 5.41) is 5.94. The van der Waals surface area contributed by atoms with E-state index in [1.54, 1.807) is 19.2 Å². The van der Waals surface area contributed by atoms with Crippen LogP contribution in [0.1, 0.15) is 33.9 Å². The van der Waals surface area contributed by atoms with Gasteiger partial charge in [-0.05, 0) is 41.8 Å². The van der Waals surface area contributed by atoms with Crippen LogP contribution in [0.25, 0.3) is 0 Å². The Hall–Kier alpha value is -3.60. The summed E-state index contributed by atoms with van der Waals surface area (Å²) >= 11 is 0. The Morgan fingerprint density at radius 3 is 2.13 bits per heavy atom. The van der Waals surface area contributed by atoms with Crippen molar-refractivity contribution in [3.05, 3.63) is 102 Å². The normalized spacial score (nSPS) is 11.4. The van der Waals surface area contributed by atoms with Crippen molar-refractivity contribution in [1.82, 2.24) is 10.6 Å². The van der Waals surface area contributed by atoms with Gasteiger partial charge < -0.3 is 15.4 Å². The second-order valence-corrected chi connectivity index (χ2v) is 6.95. The molecule has 0 aliphatic rings. The number of hydrogen-bond donors (Lipinski definition) is 2. The molecule has 0 aliphatic carbocycles. The van der Waals surface area contributed by atoms with Crippen molar-refractivity contribution in [1.29, 1.82) is 0 Å². The fourth-order valence-electron chi connectivity index (χ4n) is 3.16. The molecule has 3 aromatic carbocycles. The van der Waals surface area contributed by atoms with Crippen LogP contribution in [0.3, 0.4) is 0 Å². The van der Waals surface area contributed by atoms with Gasteiger partial charge in [0.1, 0.15) is 5.75 Å². The zero-order valence-corrected chi connectivity index (χ0v) is 17.0. The summed E-state index contributed by atoms with van der Waals surface area (Å²) in [4.78, 5) is 25.2. The molecule has 3 rings (SSSR count). The highest BCUT2D eigenvalue weighted by atomic mass is 16.5. The van der Waals surface area contributed by atoms with E-state index >= 15 is 0 Å². The number of rotatable bonds is 9. The van der Waals surface area contributed by atoms with Crippen molar-refractivity contribution in [3.63, 3.8) is 0 Å². The molecule has 1 atom stereocenters. The third kappa shape index (κ3) is 6.21. The van der Waals surface area contributed by atoms with E-state index in [4.69, 9.17) is 4.74 Å². The Kier molecular flexibility index (Phi) is 7.61. The SMILES string of the molecule is COc1ccc(CCNC(=O)C[C@@H](NC(=O)c2ccccc2)c2ccccc2)cc1. The molecular formula is C25H26N2O3. The van der Waals surface area contributed by atoms with Gasteiger partial charge in [0.25, 0.3) is 5.91 Å². The first kappa shape index (κ1) is 21.1. The van der Waals surface area contributed by atoms with E-state index in [9.17, 15) is 9.59 Å². The van der Waals surface area contributed by atoms with Crippen molar-refractivity contribution in [3.8, 4) is 5.75 Å². The van der Waals surface area contributed by atoms with Crippen molar-refractivity contribution >= 4 is 11.8 Å². The van der Waals surface area contributed by atoms with Crippen LogP contribution in [0.4, 0.5) is 0 Å². The van der Waals surface area contributed by atoms with Crippen LogP contribution in [0.2, 0.25) is 0 Å². The van der Waals surface area contributed by atoms with E-state index in [0.717, 1.165) is 23.3 Å². The van der Waals surface area contributed by atoms with Crippen molar-refractivity contribution in [2.75, 3.05) is 13.7 Å². The first-order chi connectivity index (χ1) is 14.7. The van der Waals surface area contributed by atoms with E-state index in [2.05, 4.69) is 10.6 Å². The summed E-state index contributed by atoms with van der Waals surface area (Å²) in [5.41, 5.74) is 2.58. The number of carbonyl (C=O) groups is 2. The average molecular weight is 402 g/mol. The summed E-state index contributed by atoms with van der Waals surface area (Å²) in [6.07, 6.45) is 0.896. The number of carbonyl (C=O) groups excluding carboxylic acids is 2. The van der Waals surface area contributed by atoms with Crippen molar-refractivity contribution in [2.45, 2.75) is 18.9 Å². The van der Waals surface area contributed by atoms with E-state index in [1.165, 1.54) is 0 Å². The lowest BCUT2D eigenvalue weighted by Gasteiger charge is -2.19. The molecule has 0 bridgehead atoms. The maximum absolute atomic E-state index is 12.6. The van der Waals surface area contributed by atoms with Gasteiger partial charge in [0.05, 0.1) is 19.6 Å². The molecule has 0 saturated carbocycles. The van der Waals surface area contributed by atoms with E-state index < -0.39 is 6.04 Å². The minimum atomic E-state index is -0.403. The second kappa shape index (κ2) is 10.8. The molecule has 0 fully saturated rings. The van der Waals surface area contributed by atoms with E-state index in [1.807, 2.05) is 72.8 Å². The first-order valence-corrected chi connectivity index (χ1v) is 9.96. The maximum atomic E-state index is 12.6. The molecule has 2 amide bonds. The van der Waals surface area contributed by atoms with Gasteiger partial charge in [-0.2, -0.15) is 0 Å². The predicted octanol–water partition coefficient (Wildman–Crippen LogP) is 3.92. The smallest absolute Gasteiger partial charge is 0.251 e. The zero-order valence-electron chi connectivity index (χ0n) is 17.0. The molecule has 0 heterocycles. The predicted molar refractivity (Wildman–Crippen MR) is 117 cm³/mol. The quantitative estimate of drug-likeness (QED) is 0.570. The van der Waals surface area contributed by atoms with Gasteiger partial charge >= 0.3 is 0 Å². The lowest BCUT2D eigenvalue weighted by atomic mass is 10.0. The lowest BCUT2D eigenvalue weighted by molar-refractivity contribution is -0.121. The minimum absolute atomic E-state index is 0.106. The molecule has 0 aromatic heterocycles. The van der Waals surface area contributed by atoms with E-state index in [0.29, 0.717) is 12.1 Å². The molecule has 154 valence electrons. The minimum Gasteiger partial charge on any atom is -0.497 e. The Labute approximate surface area is 177 Å². The van der Waals surface area contributed by atoms with Crippen LogP contribution < -0.4 is 15.4 Å². The number of ether oxygens (including phenoxy) is 1. The molecule has 30 heavy (non-hydrogen) atoms. The van der Waals surface area contributed by atoms with Gasteiger partial charge in [0.15, 0.2) is 0 Å². The third-order valence-corrected chi connectivity index (χ3v) is 4.83. The summed E-state index contributed by atoms with van der Waals surface area (Å²) in [5.74, 6) is 0.504. The molecule has 0 aliphatic heterocycles. The average Bonchev–Trinajstić information content (AvgIpc) is 2.80. The number of benzene rings is 3. The summed E-state index contributed by atoms with van der Waals surface area (Å²) in [6, 6.07) is 25.9. The summed E-state index contributed by atoms with van der Waals surface area (Å²) in [7, 11) is 1.63. The summed E-state index contributed by atoms with van der Waals surface area (Å²) < 4.78 is 5.16. The topological polar surface area (TPSA) is 67.4 Å². The number of nitrogens with one attached hydrogen (secondary N) is 2. The first-order valence-electron chi connectivity index (χ1n) is 9.96. The highest BCUT2D eigenvalue weighted by Gasteiger charge is 2.19. The highest BCUT2D eigenvalue weighted by molar-refractivity contribution is 5.94. The van der Waals surface area contributed by atoms with Crippen LogP contribution in [0.5, 0.6) is 5.75 Å². The van der Waals surface area contributed by atoms with Crippen LogP contribution in [-0.2, 0) is 11.2 Å². The van der Waals surface area contributed by atoms with E-state index in [-0.39, 0.29) is 18.2 Å². The Morgan fingerprint density at radius 2 is 1.50 bits per heavy atom. The molecular weight excluding hydrogens is 376 g/mol. The van der Waals surface area contributed by atoms with Gasteiger partial charge in [-0.25, -0.2) is 0 Å². The van der Waals surface area contributed by atoms with Crippen LogP contribution in [0, 0.1) is 0 Å². The van der Waals surface area contributed by atoms with Gasteiger partial charge in [0, 0.05) is 12.1 Å². The molecule has 0 spiro atoms. The molecule has 3 aromatic rings. The highest BCUT2D eigenvalue weighted by Crippen LogP contribution is 2.18. The number of amides is 2. The molecule has 0 radical (unpaired) electrons.